The van der Waals surface area contributed by atoms with E-state index in [0.717, 1.165) is 43.3 Å². The van der Waals surface area contributed by atoms with Gasteiger partial charge in [0.05, 0.1) is 6.10 Å². The van der Waals surface area contributed by atoms with E-state index < -0.39 is 0 Å². The van der Waals surface area contributed by atoms with Crippen LogP contribution in [0.3, 0.4) is 0 Å². The van der Waals surface area contributed by atoms with Crippen LogP contribution >= 0.6 is 0 Å². The fourth-order valence-electron chi connectivity index (χ4n) is 2.07. The Kier molecular flexibility index (Phi) is 7.30. The molecule has 0 saturated carbocycles. The molecule has 0 radical (unpaired) electrons. The summed E-state index contributed by atoms with van der Waals surface area (Å²) < 4.78 is 0. The molecule has 0 aliphatic heterocycles. The van der Waals surface area contributed by atoms with Crippen molar-refractivity contribution in [1.29, 1.82) is 0 Å². The smallest absolute Gasteiger partial charge is 0.133 e. The first-order chi connectivity index (χ1) is 9.55. The van der Waals surface area contributed by atoms with Gasteiger partial charge in [0.25, 0.3) is 0 Å². The van der Waals surface area contributed by atoms with E-state index in [-0.39, 0.29) is 12.1 Å². The molecule has 2 unspecified atom stereocenters. The molecule has 1 heterocycles. The van der Waals surface area contributed by atoms with Crippen LogP contribution in [0.15, 0.2) is 6.07 Å². The van der Waals surface area contributed by atoms with Gasteiger partial charge < -0.3 is 15.7 Å². The molecule has 1 aromatic heterocycles. The van der Waals surface area contributed by atoms with Gasteiger partial charge in [-0.15, -0.1) is 0 Å². The van der Waals surface area contributed by atoms with Gasteiger partial charge in [0.1, 0.15) is 17.5 Å². The summed E-state index contributed by atoms with van der Waals surface area (Å²) in [6.45, 7) is 9.01. The highest BCUT2D eigenvalue weighted by Gasteiger charge is 2.09. The molecule has 0 saturated heterocycles. The summed E-state index contributed by atoms with van der Waals surface area (Å²) in [6.07, 6.45) is 3.35. The summed E-state index contributed by atoms with van der Waals surface area (Å²) >= 11 is 0. The number of aliphatic hydroxyl groups excluding tert-OH is 1. The predicted octanol–water partition coefficient (Wildman–Crippen LogP) is 2.82. The third-order valence-electron chi connectivity index (χ3n) is 2.89. The van der Waals surface area contributed by atoms with Gasteiger partial charge in [-0.3, -0.25) is 0 Å². The van der Waals surface area contributed by atoms with Gasteiger partial charge in [-0.1, -0.05) is 13.8 Å². The van der Waals surface area contributed by atoms with Crippen LogP contribution in [0, 0.1) is 0 Å². The minimum absolute atomic E-state index is 0.179. The summed E-state index contributed by atoms with van der Waals surface area (Å²) in [5.74, 6) is 2.56. The third kappa shape index (κ3) is 6.19. The lowest BCUT2D eigenvalue weighted by molar-refractivity contribution is 0.179. The first kappa shape index (κ1) is 16.7. The van der Waals surface area contributed by atoms with E-state index in [9.17, 15) is 5.11 Å². The van der Waals surface area contributed by atoms with Gasteiger partial charge in [-0.05, 0) is 33.1 Å². The molecule has 0 amide bonds. The first-order valence-electron chi connectivity index (χ1n) is 7.61. The molecule has 5 nitrogen and oxygen atoms in total. The van der Waals surface area contributed by atoms with Crippen molar-refractivity contribution >= 4 is 11.6 Å². The molecule has 1 rings (SSSR count). The van der Waals surface area contributed by atoms with Crippen molar-refractivity contribution in [2.45, 2.75) is 65.5 Å². The summed E-state index contributed by atoms with van der Waals surface area (Å²) in [4.78, 5) is 9.05. The van der Waals surface area contributed by atoms with E-state index in [4.69, 9.17) is 0 Å². The molecule has 0 bridgehead atoms. The van der Waals surface area contributed by atoms with Crippen LogP contribution in [0.25, 0.3) is 0 Å². The molecule has 0 spiro atoms. The van der Waals surface area contributed by atoms with Crippen molar-refractivity contribution in [3.63, 3.8) is 0 Å². The number of aryl methyl sites for hydroxylation is 1. The van der Waals surface area contributed by atoms with Crippen LogP contribution in [0.5, 0.6) is 0 Å². The van der Waals surface area contributed by atoms with Crippen LogP contribution in [-0.2, 0) is 6.42 Å². The van der Waals surface area contributed by atoms with Crippen LogP contribution < -0.4 is 10.6 Å². The van der Waals surface area contributed by atoms with Crippen LogP contribution in [0.1, 0.15) is 52.8 Å². The zero-order valence-corrected chi connectivity index (χ0v) is 13.1. The fraction of sp³-hybridized carbons (Fsp3) is 0.733. The fourth-order valence-corrected chi connectivity index (χ4v) is 2.07. The Morgan fingerprint density at radius 3 is 2.45 bits per heavy atom. The highest BCUT2D eigenvalue weighted by atomic mass is 16.3. The van der Waals surface area contributed by atoms with Gasteiger partial charge in [-0.25, -0.2) is 9.97 Å². The second kappa shape index (κ2) is 8.74. The zero-order chi connectivity index (χ0) is 15.0. The number of hydrogen-bond acceptors (Lipinski definition) is 5. The topological polar surface area (TPSA) is 70.1 Å². The minimum Gasteiger partial charge on any atom is -0.393 e. The van der Waals surface area contributed by atoms with Gasteiger partial charge >= 0.3 is 0 Å². The normalized spacial score (nSPS) is 13.8. The lowest BCUT2D eigenvalue weighted by Gasteiger charge is -2.17. The second-order valence-electron chi connectivity index (χ2n) is 5.36. The third-order valence-corrected chi connectivity index (χ3v) is 2.89. The van der Waals surface area contributed by atoms with Crippen LogP contribution in [0.4, 0.5) is 11.6 Å². The molecule has 20 heavy (non-hydrogen) atoms. The lowest BCUT2D eigenvalue weighted by atomic mass is 10.1. The number of nitrogens with zero attached hydrogens (tertiary/aromatic N) is 2. The van der Waals surface area contributed by atoms with Gasteiger partial charge in [-0.2, -0.15) is 0 Å². The largest absolute Gasteiger partial charge is 0.393 e. The number of rotatable bonds is 9. The Hall–Kier alpha value is -1.36. The van der Waals surface area contributed by atoms with Crippen molar-refractivity contribution in [3.05, 3.63) is 11.9 Å². The SMILES string of the molecule is CCCNc1cc(NC(C)CC(C)O)nc(CCC)n1. The molecule has 3 N–H and O–H groups in total. The zero-order valence-electron chi connectivity index (χ0n) is 13.1. The van der Waals surface area contributed by atoms with E-state index in [1.807, 2.05) is 13.0 Å². The number of anilines is 2. The van der Waals surface area contributed by atoms with Crippen molar-refractivity contribution in [2.24, 2.45) is 0 Å². The molecular formula is C15H28N4O. The van der Waals surface area contributed by atoms with E-state index in [2.05, 4.69) is 34.4 Å². The Bertz CT molecular complexity index is 395. The Labute approximate surface area is 122 Å². The van der Waals surface area contributed by atoms with E-state index >= 15 is 0 Å². The lowest BCUT2D eigenvalue weighted by Crippen LogP contribution is -2.22. The van der Waals surface area contributed by atoms with Crippen LogP contribution in [-0.4, -0.2) is 33.8 Å². The molecule has 5 heteroatoms. The maximum atomic E-state index is 9.43. The second-order valence-corrected chi connectivity index (χ2v) is 5.36. The maximum absolute atomic E-state index is 9.43. The molecule has 0 aliphatic rings. The summed E-state index contributed by atoms with van der Waals surface area (Å²) in [5, 5.41) is 16.1. The maximum Gasteiger partial charge on any atom is 0.133 e. The Morgan fingerprint density at radius 2 is 1.85 bits per heavy atom. The number of aromatic nitrogens is 2. The van der Waals surface area contributed by atoms with Crippen molar-refractivity contribution < 1.29 is 5.11 Å². The number of nitrogens with one attached hydrogen (secondary N) is 2. The summed E-state index contributed by atoms with van der Waals surface area (Å²) in [5.41, 5.74) is 0. The highest BCUT2D eigenvalue weighted by molar-refractivity contribution is 5.48. The molecular weight excluding hydrogens is 252 g/mol. The van der Waals surface area contributed by atoms with Crippen molar-refractivity contribution in [1.82, 2.24) is 9.97 Å². The van der Waals surface area contributed by atoms with E-state index in [0.29, 0.717) is 6.42 Å². The van der Waals surface area contributed by atoms with Crippen molar-refractivity contribution in [3.8, 4) is 0 Å². The van der Waals surface area contributed by atoms with E-state index in [1.54, 1.807) is 6.92 Å². The van der Waals surface area contributed by atoms with Gasteiger partial charge in [0, 0.05) is 25.1 Å². The molecule has 0 aromatic carbocycles. The average molecular weight is 280 g/mol. The average Bonchev–Trinajstić information content (AvgIpc) is 2.35. The molecule has 0 fully saturated rings. The summed E-state index contributed by atoms with van der Waals surface area (Å²) in [7, 11) is 0. The van der Waals surface area contributed by atoms with Gasteiger partial charge in [0.2, 0.25) is 0 Å². The molecule has 2 atom stereocenters. The molecule has 114 valence electrons. The molecule has 1 aromatic rings. The monoisotopic (exact) mass is 280 g/mol. The standard InChI is InChI=1S/C15H28N4O/c1-5-7-13-18-14(16-8-6-2)10-15(19-13)17-11(3)9-12(4)20/h10-12,20H,5-9H2,1-4H3,(H2,16,17,18,19). The van der Waals surface area contributed by atoms with Crippen LogP contribution in [0.2, 0.25) is 0 Å². The highest BCUT2D eigenvalue weighted by Crippen LogP contribution is 2.14. The predicted molar refractivity (Wildman–Crippen MR) is 84.2 cm³/mol. The quantitative estimate of drug-likeness (QED) is 0.649. The minimum atomic E-state index is -0.313. The number of aliphatic hydroxyl groups is 1. The van der Waals surface area contributed by atoms with Gasteiger partial charge in [0.15, 0.2) is 0 Å². The summed E-state index contributed by atoms with van der Waals surface area (Å²) in [6, 6.07) is 2.12. The Balaban J connectivity index is 2.79. The van der Waals surface area contributed by atoms with Crippen molar-refractivity contribution in [2.75, 3.05) is 17.2 Å². The van der Waals surface area contributed by atoms with E-state index in [1.165, 1.54) is 0 Å². The first-order valence-corrected chi connectivity index (χ1v) is 7.61. The Morgan fingerprint density at radius 1 is 1.15 bits per heavy atom. The number of hydrogen-bond donors (Lipinski definition) is 3. The molecule has 0 aliphatic carbocycles.